The van der Waals surface area contributed by atoms with E-state index in [4.69, 9.17) is 0 Å². The number of hydrogen-bond donors (Lipinski definition) is 0. The number of likely N-dealkylation sites (N-methyl/N-ethyl adjacent to an activating group) is 1. The highest BCUT2D eigenvalue weighted by atomic mass is 16.2. The van der Waals surface area contributed by atoms with Crippen molar-refractivity contribution in [1.29, 1.82) is 0 Å². The molecule has 0 saturated carbocycles. The van der Waals surface area contributed by atoms with E-state index in [0.29, 0.717) is 0 Å². The summed E-state index contributed by atoms with van der Waals surface area (Å²) in [7, 11) is 4.17. The highest BCUT2D eigenvalue weighted by Crippen LogP contribution is 2.10. The van der Waals surface area contributed by atoms with Crippen molar-refractivity contribution in [3.05, 3.63) is 24.3 Å². The molecule has 3 rings (SSSR count). The molecule has 0 atom stereocenters. The Bertz CT molecular complexity index is 659. The molecule has 0 unspecified atom stereocenters. The summed E-state index contributed by atoms with van der Waals surface area (Å²) in [5.74, 6) is 0.118. The number of carbonyl (C=O) groups is 1. The van der Waals surface area contributed by atoms with E-state index in [9.17, 15) is 4.79 Å². The topological polar surface area (TPSA) is 57.5 Å². The van der Waals surface area contributed by atoms with E-state index in [1.807, 2.05) is 29.2 Å². The van der Waals surface area contributed by atoms with E-state index in [0.717, 1.165) is 50.3 Å². The molecule has 1 aliphatic heterocycles. The lowest BCUT2D eigenvalue weighted by atomic mass is 10.3. The van der Waals surface area contributed by atoms with Crippen molar-refractivity contribution in [3.63, 3.8) is 0 Å². The summed E-state index contributed by atoms with van der Waals surface area (Å²) >= 11 is 0. The monoisotopic (exact) mass is 316 g/mol. The lowest BCUT2D eigenvalue weighted by molar-refractivity contribution is -0.133. The van der Waals surface area contributed by atoms with Gasteiger partial charge in [-0.3, -0.25) is 9.69 Å². The van der Waals surface area contributed by atoms with Gasteiger partial charge in [-0.15, -0.1) is 5.10 Å². The minimum Gasteiger partial charge on any atom is -0.339 e. The molecule has 0 spiro atoms. The number of aromatic nitrogens is 3. The maximum absolute atomic E-state index is 12.5. The molecule has 1 saturated heterocycles. The fraction of sp³-hybridized carbons (Fsp3) is 0.562. The maximum Gasteiger partial charge on any atom is 0.244 e. The van der Waals surface area contributed by atoms with Gasteiger partial charge in [0.25, 0.3) is 0 Å². The SMILES string of the molecule is CN(C)CCN1CCN(C(=O)Cn2nnc3ccccc32)CC1. The minimum absolute atomic E-state index is 0.118. The number of hydrogen-bond acceptors (Lipinski definition) is 5. The molecule has 1 aromatic heterocycles. The number of carbonyl (C=O) groups excluding carboxylic acids is 1. The van der Waals surface area contributed by atoms with Crippen LogP contribution in [0.3, 0.4) is 0 Å². The standard InChI is InChI=1S/C16H24N6O/c1-19(2)7-8-20-9-11-21(12-10-20)16(23)13-22-15-6-4-3-5-14(15)17-18-22/h3-6H,7-13H2,1-2H3. The average molecular weight is 316 g/mol. The van der Waals surface area contributed by atoms with E-state index in [-0.39, 0.29) is 12.5 Å². The Labute approximate surface area is 136 Å². The zero-order chi connectivity index (χ0) is 16.2. The summed E-state index contributed by atoms with van der Waals surface area (Å²) in [4.78, 5) is 19.0. The van der Waals surface area contributed by atoms with Gasteiger partial charge in [0.05, 0.1) is 5.52 Å². The lowest BCUT2D eigenvalue weighted by Gasteiger charge is -2.35. The van der Waals surface area contributed by atoms with Crippen molar-refractivity contribution >= 4 is 16.9 Å². The van der Waals surface area contributed by atoms with E-state index >= 15 is 0 Å². The van der Waals surface area contributed by atoms with E-state index in [2.05, 4.69) is 34.2 Å². The Balaban J connectivity index is 1.54. The Hall–Kier alpha value is -1.99. The zero-order valence-electron chi connectivity index (χ0n) is 13.9. The van der Waals surface area contributed by atoms with Gasteiger partial charge in [0.15, 0.2) is 0 Å². The number of piperazine rings is 1. The number of nitrogens with zero attached hydrogens (tertiary/aromatic N) is 6. The molecule has 0 N–H and O–H groups in total. The summed E-state index contributed by atoms with van der Waals surface area (Å²) in [6.45, 7) is 5.84. The van der Waals surface area contributed by atoms with Crippen molar-refractivity contribution in [3.8, 4) is 0 Å². The molecule has 1 aromatic carbocycles. The summed E-state index contributed by atoms with van der Waals surface area (Å²) in [6, 6.07) is 7.72. The molecule has 1 amide bonds. The van der Waals surface area contributed by atoms with Crippen LogP contribution in [0, 0.1) is 0 Å². The molecule has 1 aliphatic rings. The average Bonchev–Trinajstić information content (AvgIpc) is 2.96. The van der Waals surface area contributed by atoms with E-state index < -0.39 is 0 Å². The molecule has 1 fully saturated rings. The van der Waals surface area contributed by atoms with Crippen molar-refractivity contribution < 1.29 is 4.79 Å². The third kappa shape index (κ3) is 3.86. The fourth-order valence-electron chi connectivity index (χ4n) is 2.82. The number of para-hydroxylation sites is 1. The van der Waals surface area contributed by atoms with Crippen LogP contribution in [0.1, 0.15) is 0 Å². The Kier molecular flexibility index (Phi) is 4.88. The zero-order valence-corrected chi connectivity index (χ0v) is 13.9. The van der Waals surface area contributed by atoms with Crippen molar-refractivity contribution in [1.82, 2.24) is 29.7 Å². The largest absolute Gasteiger partial charge is 0.339 e. The third-order valence-corrected chi connectivity index (χ3v) is 4.29. The van der Waals surface area contributed by atoms with Gasteiger partial charge in [-0.05, 0) is 26.2 Å². The minimum atomic E-state index is 0.118. The summed E-state index contributed by atoms with van der Waals surface area (Å²) in [5, 5.41) is 8.20. The van der Waals surface area contributed by atoms with Gasteiger partial charge >= 0.3 is 0 Å². The van der Waals surface area contributed by atoms with Crippen LogP contribution in [0.5, 0.6) is 0 Å². The molecule has 7 nitrogen and oxygen atoms in total. The van der Waals surface area contributed by atoms with Crippen LogP contribution in [-0.4, -0.2) is 89.0 Å². The second-order valence-corrected chi connectivity index (χ2v) is 6.26. The Morgan fingerprint density at radius 1 is 1.17 bits per heavy atom. The molecular formula is C16H24N6O. The summed E-state index contributed by atoms with van der Waals surface area (Å²) < 4.78 is 1.69. The van der Waals surface area contributed by atoms with Crippen molar-refractivity contribution in [2.45, 2.75) is 6.54 Å². The first kappa shape index (κ1) is 15.9. The first-order valence-corrected chi connectivity index (χ1v) is 8.06. The molecule has 0 aliphatic carbocycles. The van der Waals surface area contributed by atoms with Gasteiger partial charge in [0.1, 0.15) is 12.1 Å². The van der Waals surface area contributed by atoms with Gasteiger partial charge in [-0.25, -0.2) is 4.68 Å². The van der Waals surface area contributed by atoms with Crippen LogP contribution in [0.25, 0.3) is 11.0 Å². The van der Waals surface area contributed by atoms with Gasteiger partial charge in [0, 0.05) is 39.3 Å². The molecule has 2 heterocycles. The van der Waals surface area contributed by atoms with Crippen LogP contribution in [-0.2, 0) is 11.3 Å². The smallest absolute Gasteiger partial charge is 0.244 e. The summed E-state index contributed by atoms with van der Waals surface area (Å²) in [6.07, 6.45) is 0. The maximum atomic E-state index is 12.5. The van der Waals surface area contributed by atoms with Gasteiger partial charge in [-0.1, -0.05) is 17.3 Å². The number of rotatable bonds is 5. The van der Waals surface area contributed by atoms with Crippen LogP contribution in [0.4, 0.5) is 0 Å². The van der Waals surface area contributed by atoms with Crippen LogP contribution in [0.2, 0.25) is 0 Å². The molecule has 124 valence electrons. The molecular weight excluding hydrogens is 292 g/mol. The predicted octanol–water partition coefficient (Wildman–Crippen LogP) is 0.137. The molecule has 23 heavy (non-hydrogen) atoms. The Morgan fingerprint density at radius 3 is 2.65 bits per heavy atom. The highest BCUT2D eigenvalue weighted by molar-refractivity contribution is 5.79. The molecule has 0 bridgehead atoms. The molecule has 7 heteroatoms. The Morgan fingerprint density at radius 2 is 1.91 bits per heavy atom. The summed E-state index contributed by atoms with van der Waals surface area (Å²) in [5.41, 5.74) is 1.74. The van der Waals surface area contributed by atoms with Crippen LogP contribution >= 0.6 is 0 Å². The molecule has 2 aromatic rings. The lowest BCUT2D eigenvalue weighted by Crippen LogP contribution is -2.50. The fourth-order valence-corrected chi connectivity index (χ4v) is 2.82. The normalized spacial score (nSPS) is 16.4. The second-order valence-electron chi connectivity index (χ2n) is 6.26. The van der Waals surface area contributed by atoms with Gasteiger partial charge in [0.2, 0.25) is 5.91 Å². The first-order chi connectivity index (χ1) is 11.1. The number of benzene rings is 1. The van der Waals surface area contributed by atoms with Crippen molar-refractivity contribution in [2.75, 3.05) is 53.4 Å². The second kappa shape index (κ2) is 7.06. The number of fused-ring (bicyclic) bond motifs is 1. The van der Waals surface area contributed by atoms with E-state index in [1.165, 1.54) is 0 Å². The van der Waals surface area contributed by atoms with Gasteiger partial charge < -0.3 is 9.80 Å². The van der Waals surface area contributed by atoms with Crippen molar-refractivity contribution in [2.24, 2.45) is 0 Å². The number of amides is 1. The highest BCUT2D eigenvalue weighted by Gasteiger charge is 2.21. The predicted molar refractivity (Wildman–Crippen MR) is 89.1 cm³/mol. The molecule has 0 radical (unpaired) electrons. The van der Waals surface area contributed by atoms with Crippen LogP contribution < -0.4 is 0 Å². The first-order valence-electron chi connectivity index (χ1n) is 8.06. The third-order valence-electron chi connectivity index (χ3n) is 4.29. The van der Waals surface area contributed by atoms with Crippen LogP contribution in [0.15, 0.2) is 24.3 Å². The quantitative estimate of drug-likeness (QED) is 0.785. The van der Waals surface area contributed by atoms with Gasteiger partial charge in [-0.2, -0.15) is 0 Å². The van der Waals surface area contributed by atoms with E-state index in [1.54, 1.807) is 4.68 Å².